The summed E-state index contributed by atoms with van der Waals surface area (Å²) in [5.74, 6) is 0.419. The second kappa shape index (κ2) is 4.90. The van der Waals surface area contributed by atoms with Crippen LogP contribution < -0.4 is 10.5 Å². The molecule has 0 aliphatic rings. The lowest BCUT2D eigenvalue weighted by atomic mass is 10.1. The lowest BCUT2D eigenvalue weighted by molar-refractivity contribution is 0.390. The number of aromatic nitrogens is 2. The van der Waals surface area contributed by atoms with E-state index in [1.165, 1.54) is 13.2 Å². The summed E-state index contributed by atoms with van der Waals surface area (Å²) < 4.78 is 24.0. The largest absolute Gasteiger partial charge is 0.480 e. The SMILES string of the molecule is COc1ccc(C(N)c2cc3cccc(F)c3o2)nn1. The first kappa shape index (κ1) is 12.6. The molecule has 2 N–H and O–H groups in total. The highest BCUT2D eigenvalue weighted by Crippen LogP contribution is 2.27. The molecule has 0 saturated heterocycles. The van der Waals surface area contributed by atoms with Crippen molar-refractivity contribution in [1.82, 2.24) is 10.2 Å². The lowest BCUT2D eigenvalue weighted by Gasteiger charge is -2.07. The van der Waals surface area contributed by atoms with Crippen LogP contribution in [0.25, 0.3) is 11.0 Å². The van der Waals surface area contributed by atoms with Crippen LogP contribution in [0.3, 0.4) is 0 Å². The highest BCUT2D eigenvalue weighted by atomic mass is 19.1. The van der Waals surface area contributed by atoms with Crippen LogP contribution in [0.1, 0.15) is 17.5 Å². The monoisotopic (exact) mass is 273 g/mol. The first-order valence-corrected chi connectivity index (χ1v) is 6.00. The van der Waals surface area contributed by atoms with E-state index >= 15 is 0 Å². The van der Waals surface area contributed by atoms with Crippen molar-refractivity contribution in [2.75, 3.05) is 7.11 Å². The summed E-state index contributed by atoms with van der Waals surface area (Å²) in [6, 6.07) is 9.17. The molecule has 0 aliphatic carbocycles. The molecule has 0 radical (unpaired) electrons. The second-order valence-corrected chi connectivity index (χ2v) is 4.29. The molecule has 0 spiro atoms. The number of para-hydroxylation sites is 1. The van der Waals surface area contributed by atoms with Crippen LogP contribution in [-0.4, -0.2) is 17.3 Å². The second-order valence-electron chi connectivity index (χ2n) is 4.29. The zero-order chi connectivity index (χ0) is 14.1. The normalized spacial score (nSPS) is 12.6. The summed E-state index contributed by atoms with van der Waals surface area (Å²) in [6.45, 7) is 0. The first-order valence-electron chi connectivity index (χ1n) is 6.00. The van der Waals surface area contributed by atoms with Crippen molar-refractivity contribution >= 4 is 11.0 Å². The minimum atomic E-state index is -0.611. The molecule has 0 saturated carbocycles. The minimum absolute atomic E-state index is 0.194. The average Bonchev–Trinajstić information content (AvgIpc) is 2.92. The number of hydrogen-bond donors (Lipinski definition) is 1. The Labute approximate surface area is 114 Å². The van der Waals surface area contributed by atoms with Gasteiger partial charge in [-0.3, -0.25) is 0 Å². The number of halogens is 1. The van der Waals surface area contributed by atoms with E-state index in [1.54, 1.807) is 30.3 Å². The topological polar surface area (TPSA) is 74.2 Å². The highest BCUT2D eigenvalue weighted by Gasteiger charge is 2.17. The van der Waals surface area contributed by atoms with Gasteiger partial charge in [-0.2, -0.15) is 0 Å². The number of furan rings is 1. The number of hydrogen-bond acceptors (Lipinski definition) is 5. The van der Waals surface area contributed by atoms with Gasteiger partial charge in [0.25, 0.3) is 0 Å². The Morgan fingerprint density at radius 2 is 2.10 bits per heavy atom. The molecule has 1 atom stereocenters. The molecule has 0 aliphatic heterocycles. The number of ether oxygens (including phenoxy) is 1. The van der Waals surface area contributed by atoms with E-state index in [1.807, 2.05) is 0 Å². The van der Waals surface area contributed by atoms with Gasteiger partial charge in [-0.1, -0.05) is 12.1 Å². The van der Waals surface area contributed by atoms with Crippen molar-refractivity contribution in [3.63, 3.8) is 0 Å². The van der Waals surface area contributed by atoms with Gasteiger partial charge in [-0.15, -0.1) is 10.2 Å². The molecular formula is C14H12FN3O2. The van der Waals surface area contributed by atoms with Crippen LogP contribution in [0.5, 0.6) is 5.88 Å². The summed E-state index contributed by atoms with van der Waals surface area (Å²) in [6.07, 6.45) is 0. The predicted molar refractivity (Wildman–Crippen MR) is 70.8 cm³/mol. The molecule has 20 heavy (non-hydrogen) atoms. The van der Waals surface area contributed by atoms with Gasteiger partial charge in [0.15, 0.2) is 11.4 Å². The quantitative estimate of drug-likeness (QED) is 0.793. The number of benzene rings is 1. The Balaban J connectivity index is 1.98. The van der Waals surface area contributed by atoms with Crippen LogP contribution in [-0.2, 0) is 0 Å². The maximum atomic E-state index is 13.6. The van der Waals surface area contributed by atoms with Crippen LogP contribution >= 0.6 is 0 Å². The van der Waals surface area contributed by atoms with Crippen LogP contribution in [0.4, 0.5) is 4.39 Å². The molecule has 102 valence electrons. The van der Waals surface area contributed by atoms with Gasteiger partial charge in [-0.25, -0.2) is 4.39 Å². The van der Waals surface area contributed by atoms with Crippen LogP contribution in [0.2, 0.25) is 0 Å². The number of nitrogens with two attached hydrogens (primary N) is 1. The zero-order valence-electron chi connectivity index (χ0n) is 10.7. The van der Waals surface area contributed by atoms with Crippen molar-refractivity contribution in [1.29, 1.82) is 0 Å². The van der Waals surface area contributed by atoms with Gasteiger partial charge in [0.1, 0.15) is 11.8 Å². The molecule has 0 fully saturated rings. The third kappa shape index (κ3) is 2.10. The summed E-state index contributed by atoms with van der Waals surface area (Å²) in [5.41, 5.74) is 6.77. The Kier molecular flexibility index (Phi) is 3.08. The van der Waals surface area contributed by atoms with Crippen LogP contribution in [0, 0.1) is 5.82 Å². The molecule has 1 aromatic carbocycles. The van der Waals surface area contributed by atoms with E-state index in [4.69, 9.17) is 14.9 Å². The summed E-state index contributed by atoms with van der Waals surface area (Å²) in [4.78, 5) is 0. The Morgan fingerprint density at radius 1 is 1.25 bits per heavy atom. The van der Waals surface area contributed by atoms with Crippen molar-refractivity contribution in [3.8, 4) is 5.88 Å². The van der Waals surface area contributed by atoms with Crippen LogP contribution in [0.15, 0.2) is 40.8 Å². The summed E-state index contributed by atoms with van der Waals surface area (Å²) >= 11 is 0. The molecule has 3 rings (SSSR count). The standard InChI is InChI=1S/C14H12FN3O2/c1-19-12-6-5-10(17-18-12)13(16)11-7-8-3-2-4-9(15)14(8)20-11/h2-7,13H,16H2,1H3. The Morgan fingerprint density at radius 3 is 2.75 bits per heavy atom. The molecule has 2 heterocycles. The molecule has 0 bridgehead atoms. The summed E-state index contributed by atoms with van der Waals surface area (Å²) in [5, 5.41) is 8.48. The van der Waals surface area contributed by atoms with Crippen molar-refractivity contribution < 1.29 is 13.5 Å². The molecule has 0 amide bonds. The van der Waals surface area contributed by atoms with Gasteiger partial charge in [0, 0.05) is 11.5 Å². The predicted octanol–water partition coefficient (Wildman–Crippen LogP) is 2.42. The van der Waals surface area contributed by atoms with Crippen molar-refractivity contribution in [2.45, 2.75) is 6.04 Å². The molecule has 1 unspecified atom stereocenters. The fraction of sp³-hybridized carbons (Fsp3) is 0.143. The van der Waals surface area contributed by atoms with E-state index < -0.39 is 11.9 Å². The Hall–Kier alpha value is -2.47. The molecular weight excluding hydrogens is 261 g/mol. The van der Waals surface area contributed by atoms with Gasteiger partial charge in [0.2, 0.25) is 5.88 Å². The molecule has 2 aromatic heterocycles. The number of rotatable bonds is 3. The number of nitrogens with zero attached hydrogens (tertiary/aromatic N) is 2. The zero-order valence-corrected chi connectivity index (χ0v) is 10.7. The van der Waals surface area contributed by atoms with Crippen molar-refractivity contribution in [3.05, 3.63) is 53.7 Å². The lowest BCUT2D eigenvalue weighted by Crippen LogP contribution is -2.13. The third-order valence-corrected chi connectivity index (χ3v) is 3.01. The van der Waals surface area contributed by atoms with Gasteiger partial charge >= 0.3 is 0 Å². The number of fused-ring (bicyclic) bond motifs is 1. The van der Waals surface area contributed by atoms with E-state index in [2.05, 4.69) is 10.2 Å². The van der Waals surface area contributed by atoms with Gasteiger partial charge < -0.3 is 14.9 Å². The maximum absolute atomic E-state index is 13.6. The third-order valence-electron chi connectivity index (χ3n) is 3.01. The fourth-order valence-electron chi connectivity index (χ4n) is 1.95. The molecule has 6 heteroatoms. The first-order chi connectivity index (χ1) is 9.69. The van der Waals surface area contributed by atoms with Gasteiger partial charge in [-0.05, 0) is 18.2 Å². The van der Waals surface area contributed by atoms with Gasteiger partial charge in [0.05, 0.1) is 12.8 Å². The number of methoxy groups -OCH3 is 1. The van der Waals surface area contributed by atoms with E-state index in [-0.39, 0.29) is 5.58 Å². The smallest absolute Gasteiger partial charge is 0.233 e. The molecule has 5 nitrogen and oxygen atoms in total. The van der Waals surface area contributed by atoms with E-state index in [0.29, 0.717) is 22.7 Å². The average molecular weight is 273 g/mol. The molecule has 3 aromatic rings. The van der Waals surface area contributed by atoms with E-state index in [0.717, 1.165) is 0 Å². The Bertz CT molecular complexity index is 740. The fourth-order valence-corrected chi connectivity index (χ4v) is 1.95. The minimum Gasteiger partial charge on any atom is -0.480 e. The highest BCUT2D eigenvalue weighted by molar-refractivity contribution is 5.78. The van der Waals surface area contributed by atoms with Crippen molar-refractivity contribution in [2.24, 2.45) is 5.73 Å². The van der Waals surface area contributed by atoms with E-state index in [9.17, 15) is 4.39 Å². The maximum Gasteiger partial charge on any atom is 0.233 e. The summed E-state index contributed by atoms with van der Waals surface area (Å²) in [7, 11) is 1.51.